The molecule has 0 fully saturated rings. The molecule has 0 heterocycles. The van der Waals surface area contributed by atoms with Crippen molar-refractivity contribution in [3.63, 3.8) is 0 Å². The zero-order valence-corrected chi connectivity index (χ0v) is 19.6. The third kappa shape index (κ3) is 12.3. The largest absolute Gasteiger partial charge is 0.267 e. The number of hydrogen-bond acceptors (Lipinski definition) is 9. The van der Waals surface area contributed by atoms with Gasteiger partial charge in [-0.2, -0.15) is 25.3 Å². The molecule has 0 aliphatic rings. The third-order valence-corrected chi connectivity index (χ3v) is 7.87. The Morgan fingerprint density at radius 2 is 1.04 bits per heavy atom. The maximum atomic E-state index is 12.1. The van der Waals surface area contributed by atoms with E-state index < -0.39 is 49.2 Å². The van der Waals surface area contributed by atoms with Crippen molar-refractivity contribution in [1.29, 1.82) is 0 Å². The molecule has 0 saturated carbocycles. The minimum Gasteiger partial charge on any atom is -0.267 e. The predicted octanol–water partition coefficient (Wildman–Crippen LogP) is 2.18. The summed E-state index contributed by atoms with van der Waals surface area (Å²) in [5.74, 6) is -0.761. The fourth-order valence-electron chi connectivity index (χ4n) is 2.35. The highest BCUT2D eigenvalue weighted by molar-refractivity contribution is 7.87. The van der Waals surface area contributed by atoms with Crippen LogP contribution in [-0.4, -0.2) is 61.3 Å². The molecule has 0 aromatic carbocycles. The van der Waals surface area contributed by atoms with Crippen LogP contribution in [-0.2, 0) is 42.9 Å². The van der Waals surface area contributed by atoms with E-state index in [-0.39, 0.29) is 23.7 Å². The van der Waals surface area contributed by atoms with E-state index in [1.807, 2.05) is 6.92 Å². The molecule has 170 valence electrons. The van der Waals surface area contributed by atoms with Gasteiger partial charge in [0.15, 0.2) is 0 Å². The Morgan fingerprint density at radius 3 is 1.46 bits per heavy atom. The molecule has 2 atom stereocenters. The van der Waals surface area contributed by atoms with Gasteiger partial charge in [-0.25, -0.2) is 0 Å². The topological polar surface area (TPSA) is 130 Å². The molecule has 0 rings (SSSR count). The highest BCUT2D eigenvalue weighted by Crippen LogP contribution is 2.19. The first-order valence-corrected chi connectivity index (χ1v) is 14.3. The molecule has 0 amide bonds. The molecule has 0 aliphatic heterocycles. The third-order valence-electron chi connectivity index (χ3n) is 3.57. The van der Waals surface area contributed by atoms with E-state index in [0.29, 0.717) is 32.1 Å². The summed E-state index contributed by atoms with van der Waals surface area (Å²) in [7, 11) is -11.8. The van der Waals surface area contributed by atoms with Crippen LogP contribution in [0, 0.1) is 0 Å². The van der Waals surface area contributed by atoms with E-state index in [1.54, 1.807) is 20.8 Å². The van der Waals surface area contributed by atoms with Crippen LogP contribution in [0.5, 0.6) is 0 Å². The second-order valence-electron chi connectivity index (χ2n) is 6.48. The van der Waals surface area contributed by atoms with Gasteiger partial charge in [-0.3, -0.25) is 12.5 Å². The molecule has 2 unspecified atom stereocenters. The Bertz CT molecular complexity index is 727. The Labute approximate surface area is 170 Å². The molecule has 28 heavy (non-hydrogen) atoms. The predicted molar refractivity (Wildman–Crippen MR) is 107 cm³/mol. The van der Waals surface area contributed by atoms with Gasteiger partial charge in [0.1, 0.15) is 12.2 Å². The smallest absolute Gasteiger partial charge is 0.267 e. The van der Waals surface area contributed by atoms with Crippen LogP contribution in [0.25, 0.3) is 0 Å². The summed E-state index contributed by atoms with van der Waals surface area (Å²) in [6.45, 7) is 6.22. The summed E-state index contributed by atoms with van der Waals surface area (Å²) < 4.78 is 87.4. The van der Waals surface area contributed by atoms with E-state index in [0.717, 1.165) is 0 Å². The molecule has 0 aliphatic carbocycles. The molecular formula is C16H34O9S3. The highest BCUT2D eigenvalue weighted by Gasteiger charge is 2.33. The average Bonchev–Trinajstić information content (AvgIpc) is 2.55. The quantitative estimate of drug-likeness (QED) is 0.296. The number of hydrogen-bond donors (Lipinski definition) is 0. The summed E-state index contributed by atoms with van der Waals surface area (Å²) in [4.78, 5) is 0. The maximum absolute atomic E-state index is 12.1. The molecule has 0 saturated heterocycles. The summed E-state index contributed by atoms with van der Waals surface area (Å²) in [5, 5.41) is 0. The minimum absolute atomic E-state index is 0.183. The highest BCUT2D eigenvalue weighted by atomic mass is 32.2. The standard InChI is InChI=1S/C16H34O9S3/c1-5-9-10-15(24-27(19,20)12-7-3)16(25-28(21,22)13-8-4)14-23-26(17,18)11-6-2/h15-16H,5-14H2,1-4H3. The fraction of sp³-hybridized carbons (Fsp3) is 1.00. The molecule has 0 radical (unpaired) electrons. The van der Waals surface area contributed by atoms with E-state index in [2.05, 4.69) is 0 Å². The molecule has 0 aromatic rings. The molecular weight excluding hydrogens is 432 g/mol. The van der Waals surface area contributed by atoms with Crippen molar-refractivity contribution in [3.05, 3.63) is 0 Å². The van der Waals surface area contributed by atoms with Crippen LogP contribution in [0.2, 0.25) is 0 Å². The molecule has 0 aromatic heterocycles. The van der Waals surface area contributed by atoms with Crippen LogP contribution in [0.1, 0.15) is 66.2 Å². The number of unbranched alkanes of at least 4 members (excludes halogenated alkanes) is 1. The van der Waals surface area contributed by atoms with Crippen LogP contribution in [0.4, 0.5) is 0 Å². The lowest BCUT2D eigenvalue weighted by atomic mass is 10.1. The van der Waals surface area contributed by atoms with Crippen LogP contribution >= 0.6 is 0 Å². The summed E-state index contributed by atoms with van der Waals surface area (Å²) in [6.07, 6.45) is -0.186. The monoisotopic (exact) mass is 466 g/mol. The van der Waals surface area contributed by atoms with Crippen LogP contribution < -0.4 is 0 Å². The van der Waals surface area contributed by atoms with Gasteiger partial charge in [-0.05, 0) is 25.7 Å². The second kappa shape index (κ2) is 13.1. The van der Waals surface area contributed by atoms with Crippen molar-refractivity contribution in [2.45, 2.75) is 78.4 Å². The summed E-state index contributed by atoms with van der Waals surface area (Å²) >= 11 is 0. The zero-order valence-electron chi connectivity index (χ0n) is 17.1. The lowest BCUT2D eigenvalue weighted by molar-refractivity contribution is 0.0263. The van der Waals surface area contributed by atoms with Gasteiger partial charge in [0, 0.05) is 0 Å². The Hall–Kier alpha value is -0.270. The summed E-state index contributed by atoms with van der Waals surface area (Å²) in [6, 6.07) is 0. The van der Waals surface area contributed by atoms with Gasteiger partial charge in [-0.15, -0.1) is 0 Å². The number of rotatable bonds is 17. The van der Waals surface area contributed by atoms with Gasteiger partial charge in [0.25, 0.3) is 30.4 Å². The van der Waals surface area contributed by atoms with Gasteiger partial charge in [0.05, 0.1) is 23.9 Å². The van der Waals surface area contributed by atoms with Gasteiger partial charge in [-0.1, -0.05) is 40.5 Å². The van der Waals surface area contributed by atoms with Crippen molar-refractivity contribution < 1.29 is 37.8 Å². The van der Waals surface area contributed by atoms with E-state index in [1.165, 1.54) is 0 Å². The SMILES string of the molecule is CCCCC(OS(=O)(=O)CCC)C(COS(=O)(=O)CCC)OS(=O)(=O)CCC. The molecule has 0 N–H and O–H groups in total. The first kappa shape index (κ1) is 27.7. The van der Waals surface area contributed by atoms with E-state index in [4.69, 9.17) is 12.5 Å². The van der Waals surface area contributed by atoms with Crippen LogP contribution in [0.15, 0.2) is 0 Å². The van der Waals surface area contributed by atoms with Crippen molar-refractivity contribution in [2.24, 2.45) is 0 Å². The van der Waals surface area contributed by atoms with Crippen molar-refractivity contribution in [1.82, 2.24) is 0 Å². The molecule has 9 nitrogen and oxygen atoms in total. The Kier molecular flexibility index (Phi) is 13.0. The normalized spacial score (nSPS) is 15.4. The first-order valence-electron chi connectivity index (χ1n) is 9.60. The lowest BCUT2D eigenvalue weighted by Crippen LogP contribution is -2.40. The molecule has 12 heteroatoms. The van der Waals surface area contributed by atoms with Gasteiger partial charge >= 0.3 is 0 Å². The summed E-state index contributed by atoms with van der Waals surface area (Å²) in [5.41, 5.74) is 0. The Balaban J connectivity index is 5.66. The van der Waals surface area contributed by atoms with Crippen molar-refractivity contribution in [2.75, 3.05) is 23.9 Å². The maximum Gasteiger partial charge on any atom is 0.267 e. The zero-order chi connectivity index (χ0) is 21.8. The minimum atomic E-state index is -4.00. The fourth-order valence-corrected chi connectivity index (χ4v) is 5.66. The van der Waals surface area contributed by atoms with E-state index >= 15 is 0 Å². The van der Waals surface area contributed by atoms with Gasteiger partial charge in [0.2, 0.25) is 0 Å². The van der Waals surface area contributed by atoms with E-state index in [9.17, 15) is 25.3 Å². The second-order valence-corrected chi connectivity index (χ2v) is 11.7. The van der Waals surface area contributed by atoms with Gasteiger partial charge < -0.3 is 0 Å². The van der Waals surface area contributed by atoms with Crippen molar-refractivity contribution >= 4 is 30.4 Å². The average molecular weight is 467 g/mol. The molecule has 0 bridgehead atoms. The molecule has 0 spiro atoms. The van der Waals surface area contributed by atoms with Crippen LogP contribution in [0.3, 0.4) is 0 Å². The first-order chi connectivity index (χ1) is 12.9. The Morgan fingerprint density at radius 1 is 0.607 bits per heavy atom. The van der Waals surface area contributed by atoms with Crippen molar-refractivity contribution in [3.8, 4) is 0 Å². The lowest BCUT2D eigenvalue weighted by Gasteiger charge is -2.26.